The normalized spacial score (nSPS) is 10.8. The fraction of sp³-hybridized carbons (Fsp3) is 0.333. The summed E-state index contributed by atoms with van der Waals surface area (Å²) < 4.78 is 5.11. The van der Waals surface area contributed by atoms with Gasteiger partial charge in [-0.25, -0.2) is 0 Å². The Labute approximate surface area is 105 Å². The molecule has 1 aromatic heterocycles. The molecular formula is C12H15N3OS. The second-order valence-electron chi connectivity index (χ2n) is 3.95. The molecule has 1 N–H and O–H groups in total. The molecule has 0 fully saturated rings. The van der Waals surface area contributed by atoms with E-state index in [0.717, 1.165) is 5.56 Å². The molecule has 0 aliphatic heterocycles. The van der Waals surface area contributed by atoms with Crippen LogP contribution in [0.15, 0.2) is 33.7 Å². The van der Waals surface area contributed by atoms with Gasteiger partial charge in [-0.3, -0.25) is 0 Å². The maximum absolute atomic E-state index is 5.11. The van der Waals surface area contributed by atoms with Crippen molar-refractivity contribution in [3.63, 3.8) is 0 Å². The number of hydrogen-bond donors (Lipinski definition) is 1. The van der Waals surface area contributed by atoms with Gasteiger partial charge in [-0.1, -0.05) is 5.16 Å². The molecule has 17 heavy (non-hydrogen) atoms. The third-order valence-corrected chi connectivity index (χ3v) is 2.93. The van der Waals surface area contributed by atoms with E-state index in [4.69, 9.17) is 4.52 Å². The van der Waals surface area contributed by atoms with Crippen LogP contribution >= 0.6 is 11.8 Å². The van der Waals surface area contributed by atoms with E-state index in [1.54, 1.807) is 11.8 Å². The van der Waals surface area contributed by atoms with Gasteiger partial charge in [-0.15, -0.1) is 11.8 Å². The zero-order chi connectivity index (χ0) is 12.3. The van der Waals surface area contributed by atoms with Gasteiger partial charge in [0, 0.05) is 16.5 Å². The summed E-state index contributed by atoms with van der Waals surface area (Å²) in [6, 6.07) is 8.83. The summed E-state index contributed by atoms with van der Waals surface area (Å²) in [5.41, 5.74) is 0.961. The number of benzene rings is 1. The molecule has 0 aliphatic rings. The van der Waals surface area contributed by atoms with E-state index in [1.165, 1.54) is 4.90 Å². The minimum Gasteiger partial charge on any atom is -0.336 e. The van der Waals surface area contributed by atoms with Crippen molar-refractivity contribution in [2.75, 3.05) is 11.6 Å². The topological polar surface area (TPSA) is 51.0 Å². The van der Waals surface area contributed by atoms with Crippen molar-refractivity contribution in [2.24, 2.45) is 0 Å². The Balaban J connectivity index is 2.18. The Morgan fingerprint density at radius 3 is 2.53 bits per heavy atom. The van der Waals surface area contributed by atoms with Gasteiger partial charge in [0.1, 0.15) is 0 Å². The van der Waals surface area contributed by atoms with Crippen molar-refractivity contribution in [1.29, 1.82) is 0 Å². The SMILES string of the molecule is CSc1ccc(-c2noc(NC(C)C)n2)cc1. The van der Waals surface area contributed by atoms with Crippen LogP contribution in [0.3, 0.4) is 0 Å². The van der Waals surface area contributed by atoms with Gasteiger partial charge in [0.2, 0.25) is 5.82 Å². The highest BCUT2D eigenvalue weighted by atomic mass is 32.2. The maximum Gasteiger partial charge on any atom is 0.321 e. The number of nitrogens with one attached hydrogen (secondary N) is 1. The highest BCUT2D eigenvalue weighted by Crippen LogP contribution is 2.21. The molecule has 0 saturated heterocycles. The molecule has 0 unspecified atom stereocenters. The lowest BCUT2D eigenvalue weighted by Gasteiger charge is -2.01. The predicted molar refractivity (Wildman–Crippen MR) is 70.3 cm³/mol. The first kappa shape index (κ1) is 12.0. The molecule has 2 rings (SSSR count). The van der Waals surface area contributed by atoms with Crippen LogP contribution in [0.5, 0.6) is 0 Å². The molecule has 0 spiro atoms. The van der Waals surface area contributed by atoms with E-state index in [2.05, 4.69) is 15.5 Å². The molecule has 0 amide bonds. The molecule has 5 heteroatoms. The quantitative estimate of drug-likeness (QED) is 0.843. The third-order valence-electron chi connectivity index (χ3n) is 2.19. The zero-order valence-electron chi connectivity index (χ0n) is 10.1. The number of rotatable bonds is 4. The molecule has 90 valence electrons. The molecular weight excluding hydrogens is 234 g/mol. The molecule has 4 nitrogen and oxygen atoms in total. The summed E-state index contributed by atoms with van der Waals surface area (Å²) in [6.07, 6.45) is 2.05. The molecule has 0 saturated carbocycles. The summed E-state index contributed by atoms with van der Waals surface area (Å²) in [5.74, 6) is 0.612. The van der Waals surface area contributed by atoms with Crippen LogP contribution in [0.1, 0.15) is 13.8 Å². The van der Waals surface area contributed by atoms with Gasteiger partial charge in [0.05, 0.1) is 0 Å². The van der Waals surface area contributed by atoms with Crippen LogP contribution in [0.25, 0.3) is 11.4 Å². The summed E-state index contributed by atoms with van der Waals surface area (Å²) in [6.45, 7) is 4.05. The average molecular weight is 249 g/mol. The van der Waals surface area contributed by atoms with Crippen LogP contribution in [0.2, 0.25) is 0 Å². The Kier molecular flexibility index (Phi) is 3.68. The highest BCUT2D eigenvalue weighted by Gasteiger charge is 2.08. The van der Waals surface area contributed by atoms with Crippen molar-refractivity contribution >= 4 is 17.8 Å². The number of nitrogens with zero attached hydrogens (tertiary/aromatic N) is 2. The first-order valence-corrected chi connectivity index (χ1v) is 6.66. The smallest absolute Gasteiger partial charge is 0.321 e. The van der Waals surface area contributed by atoms with Gasteiger partial charge in [-0.2, -0.15) is 4.98 Å². The summed E-state index contributed by atoms with van der Waals surface area (Å²) >= 11 is 1.71. The van der Waals surface area contributed by atoms with E-state index >= 15 is 0 Å². The molecule has 0 bridgehead atoms. The number of thioether (sulfide) groups is 1. The summed E-state index contributed by atoms with van der Waals surface area (Å²) in [7, 11) is 0. The van der Waals surface area contributed by atoms with E-state index < -0.39 is 0 Å². The van der Waals surface area contributed by atoms with E-state index in [0.29, 0.717) is 11.8 Å². The first-order chi connectivity index (χ1) is 8.19. The lowest BCUT2D eigenvalue weighted by Crippen LogP contribution is -2.09. The van der Waals surface area contributed by atoms with Crippen LogP contribution < -0.4 is 5.32 Å². The molecule has 0 radical (unpaired) electrons. The predicted octanol–water partition coefficient (Wildman–Crippen LogP) is 3.28. The van der Waals surface area contributed by atoms with E-state index in [1.807, 2.05) is 44.4 Å². The summed E-state index contributed by atoms with van der Waals surface area (Å²) in [4.78, 5) is 5.50. The second-order valence-corrected chi connectivity index (χ2v) is 4.83. The highest BCUT2D eigenvalue weighted by molar-refractivity contribution is 7.98. The van der Waals surface area contributed by atoms with Crippen molar-refractivity contribution in [3.8, 4) is 11.4 Å². The van der Waals surface area contributed by atoms with Gasteiger partial charge in [-0.05, 0) is 44.4 Å². The standard InChI is InChI=1S/C12H15N3OS/c1-8(2)13-12-14-11(15-16-12)9-4-6-10(17-3)7-5-9/h4-8H,1-3H3,(H,13,14,15). The van der Waals surface area contributed by atoms with Gasteiger partial charge < -0.3 is 9.84 Å². The fourth-order valence-corrected chi connectivity index (χ4v) is 1.79. The van der Waals surface area contributed by atoms with Crippen LogP contribution in [-0.4, -0.2) is 22.4 Å². The number of aromatic nitrogens is 2. The monoisotopic (exact) mass is 249 g/mol. The fourth-order valence-electron chi connectivity index (χ4n) is 1.39. The van der Waals surface area contributed by atoms with Crippen molar-refractivity contribution in [3.05, 3.63) is 24.3 Å². The molecule has 1 aromatic carbocycles. The summed E-state index contributed by atoms with van der Waals surface area (Å²) in [5, 5.41) is 7.01. The Bertz CT molecular complexity index is 479. The number of hydrogen-bond acceptors (Lipinski definition) is 5. The number of anilines is 1. The van der Waals surface area contributed by atoms with Crippen LogP contribution in [-0.2, 0) is 0 Å². The van der Waals surface area contributed by atoms with Gasteiger partial charge in [0.25, 0.3) is 0 Å². The largest absolute Gasteiger partial charge is 0.336 e. The van der Waals surface area contributed by atoms with Gasteiger partial charge in [0.15, 0.2) is 0 Å². The minimum absolute atomic E-state index is 0.280. The Morgan fingerprint density at radius 1 is 1.24 bits per heavy atom. The lowest BCUT2D eigenvalue weighted by molar-refractivity contribution is 0.429. The maximum atomic E-state index is 5.11. The van der Waals surface area contributed by atoms with Crippen molar-refractivity contribution < 1.29 is 4.52 Å². The molecule has 2 aromatic rings. The van der Waals surface area contributed by atoms with E-state index in [9.17, 15) is 0 Å². The Morgan fingerprint density at radius 2 is 1.94 bits per heavy atom. The third kappa shape index (κ3) is 3.00. The lowest BCUT2D eigenvalue weighted by atomic mass is 10.2. The van der Waals surface area contributed by atoms with Crippen LogP contribution in [0.4, 0.5) is 6.01 Å². The molecule has 1 heterocycles. The van der Waals surface area contributed by atoms with Crippen LogP contribution in [0, 0.1) is 0 Å². The van der Waals surface area contributed by atoms with E-state index in [-0.39, 0.29) is 6.04 Å². The first-order valence-electron chi connectivity index (χ1n) is 5.43. The minimum atomic E-state index is 0.280. The molecule has 0 atom stereocenters. The zero-order valence-corrected chi connectivity index (χ0v) is 10.9. The van der Waals surface area contributed by atoms with Gasteiger partial charge >= 0.3 is 6.01 Å². The van der Waals surface area contributed by atoms with Crippen molar-refractivity contribution in [1.82, 2.24) is 10.1 Å². The second kappa shape index (κ2) is 5.23. The average Bonchev–Trinajstić information content (AvgIpc) is 2.77. The van der Waals surface area contributed by atoms with Crippen molar-refractivity contribution in [2.45, 2.75) is 24.8 Å². The molecule has 0 aliphatic carbocycles. The Hall–Kier alpha value is -1.49.